The third kappa shape index (κ3) is 4.51. The maximum atomic E-state index is 11.4. The van der Waals surface area contributed by atoms with Gasteiger partial charge in [0.2, 0.25) is 0 Å². The molecule has 7 heteroatoms. The van der Waals surface area contributed by atoms with E-state index in [1.807, 2.05) is 24.3 Å². The van der Waals surface area contributed by atoms with E-state index >= 15 is 0 Å². The molecule has 1 saturated heterocycles. The van der Waals surface area contributed by atoms with E-state index < -0.39 is 5.97 Å². The van der Waals surface area contributed by atoms with Crippen LogP contribution in [0.1, 0.15) is 51.7 Å². The number of pyridine rings is 1. The van der Waals surface area contributed by atoms with Crippen LogP contribution in [0.25, 0.3) is 28.2 Å². The van der Waals surface area contributed by atoms with Crippen molar-refractivity contribution < 1.29 is 19.5 Å². The summed E-state index contributed by atoms with van der Waals surface area (Å²) in [5, 5.41) is 24.2. The number of fused-ring (bicyclic) bond motifs is 1. The van der Waals surface area contributed by atoms with Crippen molar-refractivity contribution in [3.05, 3.63) is 82.8 Å². The summed E-state index contributed by atoms with van der Waals surface area (Å²) in [4.78, 5) is 18.0. The van der Waals surface area contributed by atoms with Gasteiger partial charge in [-0.3, -0.25) is 0 Å². The fraction of sp³-hybridized carbons (Fsp3) is 0.300. The highest BCUT2D eigenvalue weighted by atomic mass is 16.5. The number of aromatic nitrogens is 2. The number of carbonyl (C=O) groups is 1. The molecule has 0 amide bonds. The number of rotatable bonds is 8. The van der Waals surface area contributed by atoms with E-state index in [2.05, 4.69) is 52.3 Å². The summed E-state index contributed by atoms with van der Waals surface area (Å²) in [5.41, 5.74) is 6.83. The second-order valence-corrected chi connectivity index (χ2v) is 10.1. The van der Waals surface area contributed by atoms with Crippen LogP contribution in [0.3, 0.4) is 0 Å². The molecule has 0 bridgehead atoms. The van der Waals surface area contributed by atoms with Gasteiger partial charge in [-0.05, 0) is 61.6 Å². The average molecular weight is 496 g/mol. The molecule has 2 aromatic carbocycles. The zero-order chi connectivity index (χ0) is 25.5. The fourth-order valence-corrected chi connectivity index (χ4v) is 5.14. The van der Waals surface area contributed by atoms with Crippen LogP contribution in [0.2, 0.25) is 0 Å². The molecule has 0 atom stereocenters. The maximum absolute atomic E-state index is 11.4. The molecule has 2 aliphatic rings. The van der Waals surface area contributed by atoms with Gasteiger partial charge in [-0.25, -0.2) is 9.78 Å². The molecule has 2 aromatic heterocycles. The Morgan fingerprint density at radius 3 is 2.70 bits per heavy atom. The molecule has 1 saturated carbocycles. The summed E-state index contributed by atoms with van der Waals surface area (Å²) in [6.45, 7) is 3.84. The molecule has 0 unspecified atom stereocenters. The van der Waals surface area contributed by atoms with Crippen molar-refractivity contribution in [1.29, 1.82) is 0 Å². The zero-order valence-electron chi connectivity index (χ0n) is 20.7. The summed E-state index contributed by atoms with van der Waals surface area (Å²) in [7, 11) is 0. The highest BCUT2D eigenvalue weighted by Crippen LogP contribution is 2.45. The van der Waals surface area contributed by atoms with Crippen LogP contribution in [0.4, 0.5) is 5.69 Å². The Morgan fingerprint density at radius 1 is 1.16 bits per heavy atom. The van der Waals surface area contributed by atoms with Crippen LogP contribution in [0.5, 0.6) is 0 Å². The van der Waals surface area contributed by atoms with Gasteiger partial charge in [-0.1, -0.05) is 41.6 Å². The van der Waals surface area contributed by atoms with Crippen molar-refractivity contribution in [2.75, 3.05) is 24.6 Å². The third-order valence-corrected chi connectivity index (χ3v) is 7.39. The van der Waals surface area contributed by atoms with E-state index in [0.29, 0.717) is 23.8 Å². The summed E-state index contributed by atoms with van der Waals surface area (Å²) in [5.74, 6) is 0.825. The Hall–Kier alpha value is -3.97. The van der Waals surface area contributed by atoms with Gasteiger partial charge in [0.05, 0.1) is 5.52 Å². The van der Waals surface area contributed by atoms with E-state index in [4.69, 9.17) is 4.52 Å². The number of nitrogens with zero attached hydrogens (tertiary/aromatic N) is 3. The van der Waals surface area contributed by atoms with Gasteiger partial charge in [-0.2, -0.15) is 0 Å². The monoisotopic (exact) mass is 495 g/mol. The molecule has 2 fully saturated rings. The molecular weight excluding hydrogens is 466 g/mol. The lowest BCUT2D eigenvalue weighted by atomic mass is 9.95. The van der Waals surface area contributed by atoms with E-state index in [0.717, 1.165) is 65.1 Å². The van der Waals surface area contributed by atoms with Gasteiger partial charge in [0.15, 0.2) is 0 Å². The molecule has 6 rings (SSSR count). The standard InChI is InChI=1S/C30H29N3O4/c1-18-4-2-3-5-23(18)28-24(29(37-32-28)20-7-8-20)10-6-19-16-33(17-19)22-9-11-26-25(15-22)21(12-13-34)14-27(31-26)30(35)36/h2-6,9-11,14-15,19-20,34H,7-8,12-13,16-17H2,1H3,(H,35,36)/b10-6+. The van der Waals surface area contributed by atoms with Crippen molar-refractivity contribution in [1.82, 2.24) is 10.1 Å². The van der Waals surface area contributed by atoms with E-state index in [1.165, 1.54) is 5.56 Å². The summed E-state index contributed by atoms with van der Waals surface area (Å²) < 4.78 is 5.83. The number of carboxylic acids is 1. The SMILES string of the molecule is Cc1ccccc1-c1noc(C2CC2)c1/C=C/C1CN(c2ccc3nc(C(=O)O)cc(CCO)c3c2)C1. The van der Waals surface area contributed by atoms with Crippen molar-refractivity contribution in [2.45, 2.75) is 32.1 Å². The van der Waals surface area contributed by atoms with Crippen LogP contribution in [-0.2, 0) is 6.42 Å². The maximum Gasteiger partial charge on any atom is 0.354 e. The molecule has 4 aromatic rings. The number of hydrogen-bond acceptors (Lipinski definition) is 6. The van der Waals surface area contributed by atoms with Crippen LogP contribution >= 0.6 is 0 Å². The number of aliphatic hydroxyl groups excluding tert-OH is 1. The average Bonchev–Trinajstić information content (AvgIpc) is 3.63. The quantitative estimate of drug-likeness (QED) is 0.335. The van der Waals surface area contributed by atoms with Crippen LogP contribution in [0.15, 0.2) is 59.1 Å². The molecule has 3 heterocycles. The highest BCUT2D eigenvalue weighted by molar-refractivity contribution is 5.93. The van der Waals surface area contributed by atoms with Gasteiger partial charge < -0.3 is 19.6 Å². The minimum atomic E-state index is -1.06. The largest absolute Gasteiger partial charge is 0.477 e. The number of carboxylic acid groups (broad SMARTS) is 1. The lowest BCUT2D eigenvalue weighted by molar-refractivity contribution is 0.0690. The molecule has 188 valence electrons. The van der Waals surface area contributed by atoms with Gasteiger partial charge in [0.25, 0.3) is 0 Å². The predicted molar refractivity (Wildman–Crippen MR) is 143 cm³/mol. The second kappa shape index (κ2) is 9.48. The Bertz CT molecular complexity index is 1510. The molecule has 7 nitrogen and oxygen atoms in total. The molecule has 2 N–H and O–H groups in total. The van der Waals surface area contributed by atoms with Crippen molar-refractivity contribution >= 4 is 28.6 Å². The number of aliphatic hydroxyl groups is 1. The highest BCUT2D eigenvalue weighted by Gasteiger charge is 2.32. The van der Waals surface area contributed by atoms with Crippen molar-refractivity contribution in [2.24, 2.45) is 5.92 Å². The Kier molecular flexibility index (Phi) is 6.00. The zero-order valence-corrected chi connectivity index (χ0v) is 20.7. The molecule has 0 radical (unpaired) electrons. The van der Waals surface area contributed by atoms with Crippen LogP contribution in [-0.4, -0.2) is 46.0 Å². The Labute approximate surface area is 215 Å². The van der Waals surface area contributed by atoms with E-state index in [9.17, 15) is 15.0 Å². The molecule has 0 spiro atoms. The number of benzene rings is 2. The predicted octanol–water partition coefficient (Wildman–Crippen LogP) is 5.46. The smallest absolute Gasteiger partial charge is 0.354 e. The van der Waals surface area contributed by atoms with E-state index in [1.54, 1.807) is 6.07 Å². The van der Waals surface area contributed by atoms with Crippen molar-refractivity contribution in [3.63, 3.8) is 0 Å². The summed E-state index contributed by atoms with van der Waals surface area (Å²) >= 11 is 0. The molecule has 37 heavy (non-hydrogen) atoms. The topological polar surface area (TPSA) is 99.7 Å². The molecular formula is C30H29N3O4. The Balaban J connectivity index is 1.22. The second-order valence-electron chi connectivity index (χ2n) is 10.1. The first kappa shape index (κ1) is 23.4. The molecule has 1 aliphatic heterocycles. The molecule has 1 aliphatic carbocycles. The number of hydrogen-bond donors (Lipinski definition) is 2. The number of anilines is 1. The van der Waals surface area contributed by atoms with Crippen LogP contribution in [0, 0.1) is 12.8 Å². The number of aromatic carboxylic acids is 1. The fourth-order valence-electron chi connectivity index (χ4n) is 5.14. The van der Waals surface area contributed by atoms with Gasteiger partial charge in [-0.15, -0.1) is 0 Å². The lowest BCUT2D eigenvalue weighted by Crippen LogP contribution is -2.45. The summed E-state index contributed by atoms with van der Waals surface area (Å²) in [6, 6.07) is 15.8. The van der Waals surface area contributed by atoms with Gasteiger partial charge in [0, 0.05) is 53.7 Å². The summed E-state index contributed by atoms with van der Waals surface area (Å²) in [6.07, 6.45) is 7.17. The van der Waals surface area contributed by atoms with Crippen LogP contribution < -0.4 is 4.90 Å². The minimum absolute atomic E-state index is 0.00206. The first-order chi connectivity index (χ1) is 18.0. The van der Waals surface area contributed by atoms with Crippen molar-refractivity contribution in [3.8, 4) is 11.3 Å². The van der Waals surface area contributed by atoms with E-state index in [-0.39, 0.29) is 12.3 Å². The number of aryl methyl sites for hydroxylation is 1. The van der Waals surface area contributed by atoms with Gasteiger partial charge in [0.1, 0.15) is 17.1 Å². The third-order valence-electron chi connectivity index (χ3n) is 7.39. The first-order valence-electron chi connectivity index (χ1n) is 12.8. The normalized spacial score (nSPS) is 16.0. The Morgan fingerprint density at radius 2 is 1.97 bits per heavy atom. The van der Waals surface area contributed by atoms with Gasteiger partial charge >= 0.3 is 5.97 Å². The lowest BCUT2D eigenvalue weighted by Gasteiger charge is -2.40. The first-order valence-corrected chi connectivity index (χ1v) is 12.8. The minimum Gasteiger partial charge on any atom is -0.477 e.